The first-order chi connectivity index (χ1) is 11.0. The Morgan fingerprint density at radius 3 is 2.75 bits per heavy atom. The molecule has 0 saturated carbocycles. The largest absolute Gasteiger partial charge is 0.337 e. The highest BCUT2D eigenvalue weighted by atomic mass is 35.5. The number of hydrogen-bond donors (Lipinski definition) is 1. The standard InChI is InChI=1S/C16H19F2N3O2.ClH/c1-10-8-19-4-5-20(10)16(23)11-6-15(22)21(9-11)14-3-2-12(17)7-13(14)18;/h2-3,7,10-11,19H,4-6,8-9H2,1H3;1H/t10-,11?;/m0./s1. The molecule has 0 aromatic heterocycles. The summed E-state index contributed by atoms with van der Waals surface area (Å²) < 4.78 is 26.9. The summed E-state index contributed by atoms with van der Waals surface area (Å²) in [6.45, 7) is 4.15. The monoisotopic (exact) mass is 359 g/mol. The summed E-state index contributed by atoms with van der Waals surface area (Å²) >= 11 is 0. The lowest BCUT2D eigenvalue weighted by atomic mass is 10.1. The number of rotatable bonds is 2. The first-order valence-electron chi connectivity index (χ1n) is 7.74. The molecule has 2 saturated heterocycles. The molecule has 24 heavy (non-hydrogen) atoms. The van der Waals surface area contributed by atoms with Gasteiger partial charge < -0.3 is 15.1 Å². The van der Waals surface area contributed by atoms with E-state index in [1.807, 2.05) is 6.92 Å². The molecular formula is C16H20ClF2N3O2. The first kappa shape index (κ1) is 18.6. The quantitative estimate of drug-likeness (QED) is 0.872. The highest BCUT2D eigenvalue weighted by Crippen LogP contribution is 2.29. The molecule has 8 heteroatoms. The smallest absolute Gasteiger partial charge is 0.228 e. The average Bonchev–Trinajstić information content (AvgIpc) is 2.89. The minimum absolute atomic E-state index is 0. The van der Waals surface area contributed by atoms with E-state index >= 15 is 0 Å². The van der Waals surface area contributed by atoms with E-state index in [4.69, 9.17) is 0 Å². The van der Waals surface area contributed by atoms with Gasteiger partial charge in [-0.2, -0.15) is 0 Å². The average molecular weight is 360 g/mol. The molecule has 0 radical (unpaired) electrons. The molecule has 5 nitrogen and oxygen atoms in total. The van der Waals surface area contributed by atoms with Gasteiger partial charge in [0.2, 0.25) is 11.8 Å². The fraction of sp³-hybridized carbons (Fsp3) is 0.500. The summed E-state index contributed by atoms with van der Waals surface area (Å²) in [5.41, 5.74) is 0.0278. The van der Waals surface area contributed by atoms with Gasteiger partial charge in [-0.05, 0) is 19.1 Å². The molecule has 1 unspecified atom stereocenters. The molecular weight excluding hydrogens is 340 g/mol. The summed E-state index contributed by atoms with van der Waals surface area (Å²) in [6.07, 6.45) is 0.0618. The van der Waals surface area contributed by atoms with Gasteiger partial charge in [0.05, 0.1) is 11.6 Å². The first-order valence-corrected chi connectivity index (χ1v) is 7.74. The van der Waals surface area contributed by atoms with E-state index < -0.39 is 17.6 Å². The molecule has 2 fully saturated rings. The van der Waals surface area contributed by atoms with E-state index in [1.165, 1.54) is 11.0 Å². The Labute approximate surface area is 145 Å². The minimum Gasteiger partial charge on any atom is -0.337 e. The lowest BCUT2D eigenvalue weighted by Gasteiger charge is -2.35. The Hall–Kier alpha value is -1.73. The van der Waals surface area contributed by atoms with Crippen molar-refractivity contribution >= 4 is 29.9 Å². The third-order valence-electron chi connectivity index (χ3n) is 4.46. The fourth-order valence-electron chi connectivity index (χ4n) is 3.21. The number of carbonyl (C=O) groups is 2. The van der Waals surface area contributed by atoms with Crippen molar-refractivity contribution in [3.63, 3.8) is 0 Å². The Kier molecular flexibility index (Phi) is 5.77. The maximum Gasteiger partial charge on any atom is 0.228 e. The molecule has 0 bridgehead atoms. The molecule has 2 aliphatic rings. The molecule has 0 aliphatic carbocycles. The molecule has 132 valence electrons. The Bertz CT molecular complexity index is 644. The summed E-state index contributed by atoms with van der Waals surface area (Å²) in [6, 6.07) is 3.17. The van der Waals surface area contributed by atoms with E-state index in [2.05, 4.69) is 5.32 Å². The van der Waals surface area contributed by atoms with Crippen molar-refractivity contribution in [1.29, 1.82) is 0 Å². The zero-order chi connectivity index (χ0) is 16.6. The lowest BCUT2D eigenvalue weighted by molar-refractivity contribution is -0.138. The Morgan fingerprint density at radius 2 is 2.08 bits per heavy atom. The SMILES string of the molecule is C[C@H]1CNCCN1C(=O)C1CC(=O)N(c2ccc(F)cc2F)C1.Cl. The number of nitrogens with zero attached hydrogens (tertiary/aromatic N) is 2. The number of benzene rings is 1. The van der Waals surface area contributed by atoms with Crippen molar-refractivity contribution in [2.45, 2.75) is 19.4 Å². The van der Waals surface area contributed by atoms with Crippen LogP contribution in [-0.2, 0) is 9.59 Å². The normalized spacial score (nSPS) is 24.0. The van der Waals surface area contributed by atoms with E-state index in [-0.39, 0.29) is 48.9 Å². The molecule has 2 aliphatic heterocycles. The third-order valence-corrected chi connectivity index (χ3v) is 4.46. The van der Waals surface area contributed by atoms with Crippen LogP contribution in [0.25, 0.3) is 0 Å². The van der Waals surface area contributed by atoms with Gasteiger partial charge in [-0.15, -0.1) is 12.4 Å². The number of halogens is 3. The van der Waals surface area contributed by atoms with Crippen LogP contribution in [0.2, 0.25) is 0 Å². The number of carbonyl (C=O) groups excluding carboxylic acids is 2. The van der Waals surface area contributed by atoms with E-state index in [0.717, 1.165) is 25.2 Å². The Morgan fingerprint density at radius 1 is 1.33 bits per heavy atom. The van der Waals surface area contributed by atoms with Crippen molar-refractivity contribution in [1.82, 2.24) is 10.2 Å². The van der Waals surface area contributed by atoms with E-state index in [1.54, 1.807) is 4.90 Å². The van der Waals surface area contributed by atoms with Gasteiger partial charge in [0, 0.05) is 44.7 Å². The van der Waals surface area contributed by atoms with E-state index in [9.17, 15) is 18.4 Å². The summed E-state index contributed by atoms with van der Waals surface area (Å²) in [4.78, 5) is 27.8. The highest BCUT2D eigenvalue weighted by molar-refractivity contribution is 6.00. The summed E-state index contributed by atoms with van der Waals surface area (Å²) in [5.74, 6) is -2.34. The molecule has 1 N–H and O–H groups in total. The predicted octanol–water partition coefficient (Wildman–Crippen LogP) is 1.56. The van der Waals surface area contributed by atoms with Gasteiger partial charge >= 0.3 is 0 Å². The predicted molar refractivity (Wildman–Crippen MR) is 88.1 cm³/mol. The number of nitrogens with one attached hydrogen (secondary N) is 1. The summed E-state index contributed by atoms with van der Waals surface area (Å²) in [7, 11) is 0. The van der Waals surface area contributed by atoms with Crippen LogP contribution < -0.4 is 10.2 Å². The van der Waals surface area contributed by atoms with Gasteiger partial charge in [-0.25, -0.2) is 8.78 Å². The fourth-order valence-corrected chi connectivity index (χ4v) is 3.21. The zero-order valence-corrected chi connectivity index (χ0v) is 14.1. The van der Waals surface area contributed by atoms with Crippen molar-refractivity contribution in [3.05, 3.63) is 29.8 Å². The second-order valence-electron chi connectivity index (χ2n) is 6.09. The van der Waals surface area contributed by atoms with Crippen LogP contribution in [0, 0.1) is 17.6 Å². The lowest BCUT2D eigenvalue weighted by Crippen LogP contribution is -2.54. The molecule has 2 heterocycles. The molecule has 2 atom stereocenters. The van der Waals surface area contributed by atoms with Crippen LogP contribution in [0.1, 0.15) is 13.3 Å². The number of anilines is 1. The molecule has 1 aromatic rings. The number of piperazine rings is 1. The van der Waals surface area contributed by atoms with Crippen LogP contribution in [-0.4, -0.2) is 48.9 Å². The van der Waals surface area contributed by atoms with Crippen LogP contribution in [0.3, 0.4) is 0 Å². The van der Waals surface area contributed by atoms with Crippen molar-refractivity contribution in [3.8, 4) is 0 Å². The van der Waals surface area contributed by atoms with Crippen LogP contribution in [0.5, 0.6) is 0 Å². The van der Waals surface area contributed by atoms with E-state index in [0.29, 0.717) is 6.54 Å². The highest BCUT2D eigenvalue weighted by Gasteiger charge is 2.39. The van der Waals surface area contributed by atoms with Gasteiger partial charge in [-0.1, -0.05) is 0 Å². The van der Waals surface area contributed by atoms with Crippen molar-refractivity contribution < 1.29 is 18.4 Å². The second-order valence-corrected chi connectivity index (χ2v) is 6.09. The second kappa shape index (κ2) is 7.44. The number of hydrogen-bond acceptors (Lipinski definition) is 3. The van der Waals surface area contributed by atoms with Crippen LogP contribution >= 0.6 is 12.4 Å². The van der Waals surface area contributed by atoms with Gasteiger partial charge in [0.25, 0.3) is 0 Å². The molecule has 0 spiro atoms. The van der Waals surface area contributed by atoms with Crippen molar-refractivity contribution in [2.75, 3.05) is 31.1 Å². The maximum atomic E-state index is 13.9. The van der Waals surface area contributed by atoms with Gasteiger partial charge in [0.1, 0.15) is 11.6 Å². The van der Waals surface area contributed by atoms with Crippen LogP contribution in [0.4, 0.5) is 14.5 Å². The summed E-state index contributed by atoms with van der Waals surface area (Å²) in [5, 5.41) is 3.21. The molecule has 2 amide bonds. The topological polar surface area (TPSA) is 52.7 Å². The maximum absolute atomic E-state index is 13.9. The molecule has 1 aromatic carbocycles. The van der Waals surface area contributed by atoms with Gasteiger partial charge in [0.15, 0.2) is 0 Å². The molecule has 3 rings (SSSR count). The number of amides is 2. The van der Waals surface area contributed by atoms with Crippen molar-refractivity contribution in [2.24, 2.45) is 5.92 Å². The third kappa shape index (κ3) is 3.52. The zero-order valence-electron chi connectivity index (χ0n) is 13.3. The van der Waals surface area contributed by atoms with Gasteiger partial charge in [-0.3, -0.25) is 9.59 Å². The van der Waals surface area contributed by atoms with Crippen LogP contribution in [0.15, 0.2) is 18.2 Å². The Balaban J connectivity index is 0.00000208. The minimum atomic E-state index is -0.790.